The predicted octanol–water partition coefficient (Wildman–Crippen LogP) is 2.89. The molecular weight excluding hydrogens is 278 g/mol. The number of anilines is 2. The van der Waals surface area contributed by atoms with Gasteiger partial charge in [0.15, 0.2) is 5.15 Å². The third-order valence-electron chi connectivity index (χ3n) is 2.85. The number of benzene rings is 1. The Morgan fingerprint density at radius 2 is 2.15 bits per heavy atom. The van der Waals surface area contributed by atoms with Gasteiger partial charge in [0, 0.05) is 11.8 Å². The molecule has 6 heteroatoms. The Morgan fingerprint density at radius 1 is 1.40 bits per heavy atom. The normalized spacial score (nSPS) is 10.2. The molecule has 104 valence electrons. The lowest BCUT2D eigenvalue weighted by molar-refractivity contribution is 0.102. The maximum Gasteiger partial charge on any atom is 0.255 e. The number of hydrogen-bond acceptors (Lipinski definition) is 4. The molecule has 20 heavy (non-hydrogen) atoms. The van der Waals surface area contributed by atoms with Gasteiger partial charge in [-0.15, -0.1) is 0 Å². The molecular formula is C14H14ClN3O2. The lowest BCUT2D eigenvalue weighted by Gasteiger charge is -2.11. The third kappa shape index (κ3) is 2.83. The van der Waals surface area contributed by atoms with Gasteiger partial charge in [0.2, 0.25) is 0 Å². The minimum absolute atomic E-state index is 0.251. The van der Waals surface area contributed by atoms with Crippen molar-refractivity contribution in [3.8, 4) is 5.75 Å². The average Bonchev–Trinajstić information content (AvgIpc) is 2.43. The first-order valence-corrected chi connectivity index (χ1v) is 6.26. The summed E-state index contributed by atoms with van der Waals surface area (Å²) in [5.74, 6) is 0.146. The van der Waals surface area contributed by atoms with Crippen LogP contribution in [-0.4, -0.2) is 18.0 Å². The zero-order chi connectivity index (χ0) is 14.7. The van der Waals surface area contributed by atoms with Crippen molar-refractivity contribution in [2.45, 2.75) is 6.92 Å². The molecule has 2 rings (SSSR count). The Balaban J connectivity index is 2.29. The second-order valence-electron chi connectivity index (χ2n) is 4.20. The Hall–Kier alpha value is -2.27. The van der Waals surface area contributed by atoms with Gasteiger partial charge in [-0.3, -0.25) is 4.79 Å². The molecule has 1 heterocycles. The largest absolute Gasteiger partial charge is 0.495 e. The van der Waals surface area contributed by atoms with Crippen LogP contribution >= 0.6 is 11.6 Å². The summed E-state index contributed by atoms with van der Waals surface area (Å²) < 4.78 is 5.09. The predicted molar refractivity (Wildman–Crippen MR) is 79.3 cm³/mol. The Kier molecular flexibility index (Phi) is 4.10. The number of carbonyl (C=O) groups excluding carboxylic acids is 1. The van der Waals surface area contributed by atoms with Gasteiger partial charge in [-0.2, -0.15) is 0 Å². The molecule has 2 aromatic rings. The summed E-state index contributed by atoms with van der Waals surface area (Å²) in [6.07, 6.45) is 1.58. The van der Waals surface area contributed by atoms with Gasteiger partial charge in [0.1, 0.15) is 5.75 Å². The molecule has 1 amide bonds. The van der Waals surface area contributed by atoms with E-state index >= 15 is 0 Å². The summed E-state index contributed by atoms with van der Waals surface area (Å²) in [6.45, 7) is 1.84. The van der Waals surface area contributed by atoms with Crippen LogP contribution < -0.4 is 15.8 Å². The van der Waals surface area contributed by atoms with Crippen LogP contribution in [0.25, 0.3) is 0 Å². The monoisotopic (exact) mass is 291 g/mol. The number of nitrogens with zero attached hydrogens (tertiary/aromatic N) is 1. The van der Waals surface area contributed by atoms with Crippen LogP contribution in [-0.2, 0) is 0 Å². The molecule has 1 aromatic carbocycles. The van der Waals surface area contributed by atoms with Crippen LogP contribution in [0.4, 0.5) is 11.4 Å². The Bertz CT molecular complexity index is 639. The smallest absolute Gasteiger partial charge is 0.255 e. The second kappa shape index (κ2) is 5.79. The molecule has 0 saturated heterocycles. The number of nitrogens with one attached hydrogen (secondary N) is 1. The second-order valence-corrected chi connectivity index (χ2v) is 4.56. The first kappa shape index (κ1) is 14.1. The number of hydrogen-bond donors (Lipinski definition) is 2. The van der Waals surface area contributed by atoms with Gasteiger partial charge in [-0.1, -0.05) is 11.6 Å². The number of methoxy groups -OCH3 is 1. The number of aromatic nitrogens is 1. The van der Waals surface area contributed by atoms with Crippen LogP contribution in [0.2, 0.25) is 5.15 Å². The molecule has 0 saturated carbocycles. The zero-order valence-corrected chi connectivity index (χ0v) is 11.9. The first-order chi connectivity index (χ1) is 9.52. The van der Waals surface area contributed by atoms with E-state index in [-0.39, 0.29) is 11.1 Å². The Labute approximate surface area is 121 Å². The van der Waals surface area contributed by atoms with E-state index in [1.54, 1.807) is 30.5 Å². The summed E-state index contributed by atoms with van der Waals surface area (Å²) in [7, 11) is 1.50. The molecule has 0 bridgehead atoms. The van der Waals surface area contributed by atoms with Crippen LogP contribution in [0.5, 0.6) is 5.75 Å². The average molecular weight is 292 g/mol. The van der Waals surface area contributed by atoms with Crippen molar-refractivity contribution < 1.29 is 9.53 Å². The lowest BCUT2D eigenvalue weighted by atomic mass is 10.1. The Morgan fingerprint density at radius 3 is 2.80 bits per heavy atom. The topological polar surface area (TPSA) is 77.2 Å². The molecule has 0 atom stereocenters. The number of amides is 1. The van der Waals surface area contributed by atoms with Crippen molar-refractivity contribution in [2.24, 2.45) is 0 Å². The zero-order valence-electron chi connectivity index (χ0n) is 11.1. The molecule has 0 spiro atoms. The fourth-order valence-corrected chi connectivity index (χ4v) is 1.97. The van der Waals surface area contributed by atoms with E-state index in [1.165, 1.54) is 7.11 Å². The van der Waals surface area contributed by atoms with Crippen molar-refractivity contribution >= 4 is 28.9 Å². The minimum Gasteiger partial charge on any atom is -0.495 e. The van der Waals surface area contributed by atoms with Crippen LogP contribution in [0.1, 0.15) is 15.9 Å². The molecule has 0 aliphatic carbocycles. The maximum atomic E-state index is 12.2. The number of ether oxygens (including phenoxy) is 1. The summed E-state index contributed by atoms with van der Waals surface area (Å²) in [6, 6.07) is 6.58. The quantitative estimate of drug-likeness (QED) is 0.673. The highest BCUT2D eigenvalue weighted by Crippen LogP contribution is 2.25. The van der Waals surface area contributed by atoms with Crippen LogP contribution in [0, 0.1) is 6.92 Å². The molecule has 0 fully saturated rings. The van der Waals surface area contributed by atoms with E-state index in [0.29, 0.717) is 22.7 Å². The molecule has 0 aliphatic rings. The van der Waals surface area contributed by atoms with Gasteiger partial charge in [-0.25, -0.2) is 4.98 Å². The fourth-order valence-electron chi connectivity index (χ4n) is 1.71. The number of halogens is 1. The van der Waals surface area contributed by atoms with Crippen LogP contribution in [0.3, 0.4) is 0 Å². The molecule has 0 unspecified atom stereocenters. The van der Waals surface area contributed by atoms with Crippen molar-refractivity contribution in [1.29, 1.82) is 0 Å². The summed E-state index contributed by atoms with van der Waals surface area (Å²) >= 11 is 5.97. The maximum absolute atomic E-state index is 12.2. The highest BCUT2D eigenvalue weighted by molar-refractivity contribution is 6.32. The highest BCUT2D eigenvalue weighted by atomic mass is 35.5. The standard InChI is InChI=1S/C14H14ClN3O2/c1-8-5-6-17-13(15)12(8)18-14(19)9-3-4-10(16)11(7-9)20-2/h3-7H,16H2,1-2H3,(H,18,19). The van der Waals surface area contributed by atoms with Gasteiger partial charge < -0.3 is 15.8 Å². The number of aryl methyl sites for hydroxylation is 1. The SMILES string of the molecule is COc1cc(C(=O)Nc2c(C)ccnc2Cl)ccc1N. The summed E-state index contributed by atoms with van der Waals surface area (Å²) in [5, 5.41) is 2.99. The van der Waals surface area contributed by atoms with Gasteiger partial charge >= 0.3 is 0 Å². The van der Waals surface area contributed by atoms with Crippen molar-refractivity contribution in [2.75, 3.05) is 18.2 Å². The molecule has 5 nitrogen and oxygen atoms in total. The molecule has 0 radical (unpaired) electrons. The molecule has 0 aliphatic heterocycles. The highest BCUT2D eigenvalue weighted by Gasteiger charge is 2.12. The number of rotatable bonds is 3. The van der Waals surface area contributed by atoms with E-state index in [4.69, 9.17) is 22.1 Å². The van der Waals surface area contributed by atoms with E-state index in [9.17, 15) is 4.79 Å². The van der Waals surface area contributed by atoms with E-state index in [2.05, 4.69) is 10.3 Å². The summed E-state index contributed by atoms with van der Waals surface area (Å²) in [5.41, 5.74) is 7.94. The number of pyridine rings is 1. The van der Waals surface area contributed by atoms with Crippen LogP contribution in [0.15, 0.2) is 30.5 Å². The summed E-state index contributed by atoms with van der Waals surface area (Å²) in [4.78, 5) is 16.1. The van der Waals surface area contributed by atoms with Gasteiger partial charge in [0.25, 0.3) is 5.91 Å². The molecule has 1 aromatic heterocycles. The minimum atomic E-state index is -0.304. The van der Waals surface area contributed by atoms with E-state index < -0.39 is 0 Å². The van der Waals surface area contributed by atoms with E-state index in [0.717, 1.165) is 5.56 Å². The number of carbonyl (C=O) groups is 1. The van der Waals surface area contributed by atoms with E-state index in [1.807, 2.05) is 6.92 Å². The van der Waals surface area contributed by atoms with Crippen molar-refractivity contribution in [3.63, 3.8) is 0 Å². The first-order valence-electron chi connectivity index (χ1n) is 5.89. The molecule has 3 N–H and O–H groups in total. The van der Waals surface area contributed by atoms with Gasteiger partial charge in [-0.05, 0) is 36.8 Å². The lowest BCUT2D eigenvalue weighted by Crippen LogP contribution is -2.14. The number of nitrogen functional groups attached to an aromatic ring is 1. The number of nitrogens with two attached hydrogens (primary N) is 1. The van der Waals surface area contributed by atoms with Gasteiger partial charge in [0.05, 0.1) is 18.5 Å². The fraction of sp³-hybridized carbons (Fsp3) is 0.143. The van der Waals surface area contributed by atoms with Crippen molar-refractivity contribution in [3.05, 3.63) is 46.7 Å². The third-order valence-corrected chi connectivity index (χ3v) is 3.13. The van der Waals surface area contributed by atoms with Crippen molar-refractivity contribution in [1.82, 2.24) is 4.98 Å².